The third kappa shape index (κ3) is 7.60. The lowest BCUT2D eigenvalue weighted by atomic mass is 10.1. The highest BCUT2D eigenvalue weighted by atomic mass is 16.5. The van der Waals surface area contributed by atoms with E-state index in [0.29, 0.717) is 35.8 Å². The van der Waals surface area contributed by atoms with Crippen molar-refractivity contribution in [2.45, 2.75) is 47.1 Å². The lowest BCUT2D eigenvalue weighted by Crippen LogP contribution is -2.13. The van der Waals surface area contributed by atoms with Crippen molar-refractivity contribution in [2.24, 2.45) is 0 Å². The van der Waals surface area contributed by atoms with Gasteiger partial charge in [-0.25, -0.2) is 4.79 Å². The number of benzene rings is 3. The molecule has 0 bridgehead atoms. The van der Waals surface area contributed by atoms with Gasteiger partial charge >= 0.3 is 5.97 Å². The Morgan fingerprint density at radius 2 is 1.51 bits per heavy atom. The Kier molecular flexibility index (Phi) is 9.30. The average molecular weight is 476 g/mol. The summed E-state index contributed by atoms with van der Waals surface area (Å²) in [6, 6.07) is 18.0. The third-order valence-electron chi connectivity index (χ3n) is 5.32. The summed E-state index contributed by atoms with van der Waals surface area (Å²) in [6.45, 7) is 9.19. The highest BCUT2D eigenvalue weighted by Gasteiger charge is 2.13. The molecule has 0 saturated carbocycles. The van der Waals surface area contributed by atoms with E-state index in [2.05, 4.69) is 11.4 Å². The first-order valence-electron chi connectivity index (χ1n) is 11.9. The number of aryl methyl sites for hydroxylation is 2. The second kappa shape index (κ2) is 12.6. The SMILES string of the molecule is CCCCOC(=O)c1ccc(NC(=O)c2ccc(OCC)c(COc3cc(C)cc(C)c3)c2)cc1. The summed E-state index contributed by atoms with van der Waals surface area (Å²) in [6.07, 6.45) is 1.79. The number of carbonyl (C=O) groups excluding carboxylic acids is 2. The molecule has 0 fully saturated rings. The molecule has 0 heterocycles. The lowest BCUT2D eigenvalue weighted by Gasteiger charge is -2.14. The van der Waals surface area contributed by atoms with E-state index >= 15 is 0 Å². The van der Waals surface area contributed by atoms with Crippen LogP contribution in [0, 0.1) is 13.8 Å². The molecule has 0 aliphatic rings. The number of carbonyl (C=O) groups is 2. The van der Waals surface area contributed by atoms with E-state index in [4.69, 9.17) is 14.2 Å². The van der Waals surface area contributed by atoms with E-state index in [1.165, 1.54) is 0 Å². The summed E-state index contributed by atoms with van der Waals surface area (Å²) in [5, 5.41) is 2.87. The zero-order chi connectivity index (χ0) is 25.2. The van der Waals surface area contributed by atoms with E-state index in [-0.39, 0.29) is 18.5 Å². The summed E-state index contributed by atoms with van der Waals surface area (Å²) in [4.78, 5) is 25.0. The number of rotatable bonds is 11. The van der Waals surface area contributed by atoms with Crippen LogP contribution in [0.4, 0.5) is 5.69 Å². The van der Waals surface area contributed by atoms with Crippen LogP contribution in [0.5, 0.6) is 11.5 Å². The van der Waals surface area contributed by atoms with E-state index in [9.17, 15) is 9.59 Å². The van der Waals surface area contributed by atoms with Gasteiger partial charge in [0.25, 0.3) is 5.91 Å². The van der Waals surface area contributed by atoms with Crippen molar-refractivity contribution in [3.05, 3.63) is 88.5 Å². The van der Waals surface area contributed by atoms with Gasteiger partial charge in [-0.3, -0.25) is 4.79 Å². The summed E-state index contributed by atoms with van der Waals surface area (Å²) in [7, 11) is 0. The van der Waals surface area contributed by atoms with E-state index in [1.807, 2.05) is 39.8 Å². The molecular weight excluding hydrogens is 442 g/mol. The molecule has 0 unspecified atom stereocenters. The van der Waals surface area contributed by atoms with Crippen LogP contribution in [0.15, 0.2) is 60.7 Å². The van der Waals surface area contributed by atoms with Gasteiger partial charge in [-0.05, 0) is 92.9 Å². The second-order valence-electron chi connectivity index (χ2n) is 8.39. The van der Waals surface area contributed by atoms with Gasteiger partial charge in [0.1, 0.15) is 18.1 Å². The minimum Gasteiger partial charge on any atom is -0.493 e. The minimum absolute atomic E-state index is 0.265. The number of nitrogens with one attached hydrogen (secondary N) is 1. The maximum Gasteiger partial charge on any atom is 0.338 e. The smallest absolute Gasteiger partial charge is 0.338 e. The van der Waals surface area contributed by atoms with E-state index in [0.717, 1.165) is 35.3 Å². The maximum atomic E-state index is 12.9. The topological polar surface area (TPSA) is 73.9 Å². The number of ether oxygens (including phenoxy) is 3. The van der Waals surface area contributed by atoms with Crippen LogP contribution in [0.3, 0.4) is 0 Å². The highest BCUT2D eigenvalue weighted by molar-refractivity contribution is 6.04. The summed E-state index contributed by atoms with van der Waals surface area (Å²) >= 11 is 0. The normalized spacial score (nSPS) is 10.5. The summed E-state index contributed by atoms with van der Waals surface area (Å²) < 4.78 is 17.0. The first-order valence-corrected chi connectivity index (χ1v) is 11.9. The lowest BCUT2D eigenvalue weighted by molar-refractivity contribution is 0.0499. The molecule has 1 N–H and O–H groups in total. The van der Waals surface area contributed by atoms with Crippen LogP contribution in [-0.2, 0) is 11.3 Å². The van der Waals surface area contributed by atoms with Crippen LogP contribution < -0.4 is 14.8 Å². The molecule has 6 nitrogen and oxygen atoms in total. The predicted octanol–water partition coefficient (Wildman–Crippen LogP) is 6.49. The van der Waals surface area contributed by atoms with Crippen LogP contribution in [0.25, 0.3) is 0 Å². The van der Waals surface area contributed by atoms with Crippen molar-refractivity contribution in [3.8, 4) is 11.5 Å². The van der Waals surface area contributed by atoms with Crippen LogP contribution in [-0.4, -0.2) is 25.1 Å². The molecule has 0 aliphatic heterocycles. The average Bonchev–Trinajstić information content (AvgIpc) is 2.83. The second-order valence-corrected chi connectivity index (χ2v) is 8.39. The third-order valence-corrected chi connectivity index (χ3v) is 5.32. The van der Waals surface area contributed by atoms with Crippen LogP contribution in [0.1, 0.15) is 64.1 Å². The van der Waals surface area contributed by atoms with Gasteiger partial charge in [-0.2, -0.15) is 0 Å². The molecule has 0 radical (unpaired) electrons. The van der Waals surface area contributed by atoms with E-state index < -0.39 is 0 Å². The zero-order valence-corrected chi connectivity index (χ0v) is 20.9. The molecule has 3 aromatic carbocycles. The Hall–Kier alpha value is -3.80. The van der Waals surface area contributed by atoms with Gasteiger partial charge in [0.05, 0.1) is 18.8 Å². The molecule has 0 saturated heterocycles. The Labute approximate surface area is 207 Å². The Morgan fingerprint density at radius 3 is 2.17 bits per heavy atom. The Balaban J connectivity index is 1.69. The van der Waals surface area contributed by atoms with Crippen LogP contribution >= 0.6 is 0 Å². The van der Waals surface area contributed by atoms with Crippen molar-refractivity contribution >= 4 is 17.6 Å². The van der Waals surface area contributed by atoms with E-state index in [1.54, 1.807) is 42.5 Å². The Morgan fingerprint density at radius 1 is 0.829 bits per heavy atom. The number of hydrogen-bond acceptors (Lipinski definition) is 5. The monoisotopic (exact) mass is 475 g/mol. The standard InChI is InChI=1S/C29H33NO5/c1-5-7-14-34-29(32)22-8-11-25(12-9-22)30-28(31)23-10-13-27(33-6-2)24(18-23)19-35-26-16-20(3)15-21(4)17-26/h8-13,15-18H,5-7,14,19H2,1-4H3,(H,30,31). The zero-order valence-electron chi connectivity index (χ0n) is 20.9. The van der Waals surface area contributed by atoms with Crippen molar-refractivity contribution in [3.63, 3.8) is 0 Å². The fourth-order valence-corrected chi connectivity index (χ4v) is 3.59. The number of unbranched alkanes of at least 4 members (excludes halogenated alkanes) is 1. The molecule has 3 aromatic rings. The molecular formula is C29H33NO5. The van der Waals surface area contributed by atoms with Gasteiger partial charge < -0.3 is 19.5 Å². The fourth-order valence-electron chi connectivity index (χ4n) is 3.59. The van der Waals surface area contributed by atoms with Gasteiger partial charge in [0, 0.05) is 16.8 Å². The van der Waals surface area contributed by atoms with Crippen molar-refractivity contribution in [2.75, 3.05) is 18.5 Å². The molecule has 0 aliphatic carbocycles. The summed E-state index contributed by atoms with van der Waals surface area (Å²) in [5.74, 6) is 0.822. The molecule has 3 rings (SSSR count). The fraction of sp³-hybridized carbons (Fsp3) is 0.310. The van der Waals surface area contributed by atoms with Gasteiger partial charge in [0.2, 0.25) is 0 Å². The maximum absolute atomic E-state index is 12.9. The predicted molar refractivity (Wildman–Crippen MR) is 137 cm³/mol. The van der Waals surface area contributed by atoms with Gasteiger partial charge in [-0.15, -0.1) is 0 Å². The molecule has 184 valence electrons. The van der Waals surface area contributed by atoms with Crippen molar-refractivity contribution in [1.82, 2.24) is 0 Å². The quantitative estimate of drug-likeness (QED) is 0.253. The first-order chi connectivity index (χ1) is 16.9. The molecule has 0 spiro atoms. The summed E-state index contributed by atoms with van der Waals surface area (Å²) in [5.41, 5.74) is 4.55. The molecule has 0 atom stereocenters. The van der Waals surface area contributed by atoms with Crippen LogP contribution in [0.2, 0.25) is 0 Å². The number of anilines is 1. The van der Waals surface area contributed by atoms with Crippen molar-refractivity contribution < 1.29 is 23.8 Å². The van der Waals surface area contributed by atoms with Gasteiger partial charge in [0.15, 0.2) is 0 Å². The largest absolute Gasteiger partial charge is 0.493 e. The molecule has 35 heavy (non-hydrogen) atoms. The first kappa shape index (κ1) is 25.8. The van der Waals surface area contributed by atoms with Crippen molar-refractivity contribution in [1.29, 1.82) is 0 Å². The molecule has 1 amide bonds. The Bertz CT molecular complexity index is 1130. The number of hydrogen-bond donors (Lipinski definition) is 1. The highest BCUT2D eigenvalue weighted by Crippen LogP contribution is 2.24. The minimum atomic E-state index is -0.365. The molecule has 0 aromatic heterocycles. The number of esters is 1. The molecule has 6 heteroatoms. The van der Waals surface area contributed by atoms with Gasteiger partial charge in [-0.1, -0.05) is 19.4 Å². The number of amides is 1.